The van der Waals surface area contributed by atoms with Gasteiger partial charge in [-0.2, -0.15) is 0 Å². The average Bonchev–Trinajstić information content (AvgIpc) is 3.02. The van der Waals surface area contributed by atoms with E-state index in [1.807, 2.05) is 13.0 Å². The Morgan fingerprint density at radius 2 is 2.29 bits per heavy atom. The summed E-state index contributed by atoms with van der Waals surface area (Å²) in [5.74, 6) is -0.261. The van der Waals surface area contributed by atoms with Crippen LogP contribution in [0.5, 0.6) is 0 Å². The lowest BCUT2D eigenvalue weighted by atomic mass is 10.1. The molecule has 0 aromatic heterocycles. The molecule has 4 heteroatoms. The Labute approximate surface area is 100.0 Å². The monoisotopic (exact) mass is 237 g/mol. The van der Waals surface area contributed by atoms with Gasteiger partial charge in [-0.1, -0.05) is 12.1 Å². The van der Waals surface area contributed by atoms with E-state index < -0.39 is 0 Å². The smallest absolute Gasteiger partial charge is 0.251 e. The molecule has 0 spiro atoms. The Hall–Kier alpha value is -1.42. The molecule has 0 radical (unpaired) electrons. The predicted molar refractivity (Wildman–Crippen MR) is 62.1 cm³/mol. The molecule has 1 heterocycles. The highest BCUT2D eigenvalue weighted by Gasteiger charge is 2.40. The van der Waals surface area contributed by atoms with Crippen LogP contribution in [0.4, 0.5) is 4.39 Å². The number of hydrogen-bond donors (Lipinski definition) is 1. The molecule has 1 amide bonds. The van der Waals surface area contributed by atoms with Crippen molar-refractivity contribution >= 4 is 5.91 Å². The number of amides is 1. The fourth-order valence-electron chi connectivity index (χ4n) is 1.76. The highest BCUT2D eigenvalue weighted by molar-refractivity contribution is 5.83. The van der Waals surface area contributed by atoms with Gasteiger partial charge >= 0.3 is 0 Å². The summed E-state index contributed by atoms with van der Waals surface area (Å²) >= 11 is 0. The number of carbonyl (C=O) groups is 1. The Balaban J connectivity index is 1.64. The standard InChI is InChI=1S/C13H16FNO2/c1-9-12(17-9)13(16)15-7-3-5-10-4-2-6-11(14)8-10/h2,4,6,8-9,12H,3,5,7H2,1H3,(H,15,16)/t9-,12+/m0/s1. The Morgan fingerprint density at radius 3 is 2.94 bits per heavy atom. The zero-order chi connectivity index (χ0) is 12.3. The molecule has 0 unspecified atom stereocenters. The number of ether oxygens (including phenoxy) is 1. The van der Waals surface area contributed by atoms with Crippen LogP contribution < -0.4 is 5.32 Å². The van der Waals surface area contributed by atoms with Gasteiger partial charge < -0.3 is 10.1 Å². The molecule has 1 N–H and O–H groups in total. The van der Waals surface area contributed by atoms with Crippen molar-refractivity contribution in [2.45, 2.75) is 32.0 Å². The summed E-state index contributed by atoms with van der Waals surface area (Å²) in [5, 5.41) is 2.80. The normalized spacial score (nSPS) is 22.2. The van der Waals surface area contributed by atoms with E-state index >= 15 is 0 Å². The second kappa shape index (κ2) is 5.27. The summed E-state index contributed by atoms with van der Waals surface area (Å²) < 4.78 is 17.9. The topological polar surface area (TPSA) is 41.6 Å². The molecule has 92 valence electrons. The minimum Gasteiger partial charge on any atom is -0.359 e. The second-order valence-electron chi connectivity index (χ2n) is 4.29. The van der Waals surface area contributed by atoms with Gasteiger partial charge in [-0.25, -0.2) is 4.39 Å². The molecular weight excluding hydrogens is 221 g/mol. The maximum Gasteiger partial charge on any atom is 0.251 e. The molecule has 2 atom stereocenters. The summed E-state index contributed by atoms with van der Waals surface area (Å²) in [4.78, 5) is 11.4. The maximum atomic E-state index is 12.9. The molecule has 0 aliphatic carbocycles. The molecule has 1 aromatic carbocycles. The molecule has 0 saturated carbocycles. The lowest BCUT2D eigenvalue weighted by Crippen LogP contribution is -2.29. The summed E-state index contributed by atoms with van der Waals surface area (Å²) in [6.45, 7) is 2.47. The van der Waals surface area contributed by atoms with Crippen LogP contribution in [0.25, 0.3) is 0 Å². The van der Waals surface area contributed by atoms with Crippen molar-refractivity contribution in [2.75, 3.05) is 6.54 Å². The fraction of sp³-hybridized carbons (Fsp3) is 0.462. The van der Waals surface area contributed by atoms with E-state index in [1.165, 1.54) is 12.1 Å². The SMILES string of the molecule is C[C@@H]1O[C@H]1C(=O)NCCCc1cccc(F)c1. The van der Waals surface area contributed by atoms with Crippen molar-refractivity contribution in [3.8, 4) is 0 Å². The number of epoxide rings is 1. The first-order valence-electron chi connectivity index (χ1n) is 5.84. The third-order valence-electron chi connectivity index (χ3n) is 2.80. The first-order valence-corrected chi connectivity index (χ1v) is 5.84. The van der Waals surface area contributed by atoms with Crippen LogP contribution in [0.2, 0.25) is 0 Å². The third kappa shape index (κ3) is 3.53. The molecule has 1 aromatic rings. The molecule has 1 aliphatic rings. The molecule has 1 saturated heterocycles. The Kier molecular flexibility index (Phi) is 3.74. The van der Waals surface area contributed by atoms with Crippen LogP contribution in [-0.2, 0) is 16.0 Å². The quantitative estimate of drug-likeness (QED) is 0.625. The van der Waals surface area contributed by atoms with Crippen LogP contribution in [0.3, 0.4) is 0 Å². The fourth-order valence-corrected chi connectivity index (χ4v) is 1.76. The van der Waals surface area contributed by atoms with E-state index in [9.17, 15) is 9.18 Å². The molecule has 17 heavy (non-hydrogen) atoms. The van der Waals surface area contributed by atoms with Gasteiger partial charge in [0.2, 0.25) is 0 Å². The summed E-state index contributed by atoms with van der Waals surface area (Å²) in [6, 6.07) is 6.53. The summed E-state index contributed by atoms with van der Waals surface area (Å²) in [5.41, 5.74) is 0.954. The summed E-state index contributed by atoms with van der Waals surface area (Å²) in [7, 11) is 0. The van der Waals surface area contributed by atoms with E-state index in [0.717, 1.165) is 18.4 Å². The predicted octanol–water partition coefficient (Wildman–Crippen LogP) is 1.66. The zero-order valence-corrected chi connectivity index (χ0v) is 9.78. The molecule has 1 fully saturated rings. The van der Waals surface area contributed by atoms with Crippen molar-refractivity contribution in [2.24, 2.45) is 0 Å². The van der Waals surface area contributed by atoms with Gasteiger partial charge in [-0.05, 0) is 37.5 Å². The lowest BCUT2D eigenvalue weighted by Gasteiger charge is -2.03. The van der Waals surface area contributed by atoms with E-state index in [2.05, 4.69) is 5.32 Å². The highest BCUT2D eigenvalue weighted by atomic mass is 19.1. The minimum absolute atomic E-state index is 0.0447. The van der Waals surface area contributed by atoms with Crippen molar-refractivity contribution in [1.29, 1.82) is 0 Å². The van der Waals surface area contributed by atoms with Crippen LogP contribution in [0, 0.1) is 5.82 Å². The number of rotatable bonds is 5. The number of hydrogen-bond acceptors (Lipinski definition) is 2. The van der Waals surface area contributed by atoms with E-state index in [-0.39, 0.29) is 23.9 Å². The number of carbonyl (C=O) groups excluding carboxylic acids is 1. The molecular formula is C13H16FNO2. The van der Waals surface area contributed by atoms with Gasteiger partial charge in [0.1, 0.15) is 5.82 Å². The van der Waals surface area contributed by atoms with Crippen molar-refractivity contribution in [1.82, 2.24) is 5.32 Å². The maximum absolute atomic E-state index is 12.9. The molecule has 2 rings (SSSR count). The van der Waals surface area contributed by atoms with Gasteiger partial charge in [0.15, 0.2) is 6.10 Å². The van der Waals surface area contributed by atoms with Gasteiger partial charge in [0, 0.05) is 6.54 Å². The number of halogens is 1. The third-order valence-corrected chi connectivity index (χ3v) is 2.80. The first kappa shape index (κ1) is 12.0. The van der Waals surface area contributed by atoms with Crippen LogP contribution in [0.1, 0.15) is 18.9 Å². The van der Waals surface area contributed by atoms with Gasteiger partial charge in [0.25, 0.3) is 5.91 Å². The number of nitrogens with one attached hydrogen (secondary N) is 1. The highest BCUT2D eigenvalue weighted by Crippen LogP contribution is 2.20. The van der Waals surface area contributed by atoms with Crippen LogP contribution in [0.15, 0.2) is 24.3 Å². The average molecular weight is 237 g/mol. The lowest BCUT2D eigenvalue weighted by molar-refractivity contribution is -0.122. The number of aryl methyl sites for hydroxylation is 1. The van der Waals surface area contributed by atoms with Crippen LogP contribution in [-0.4, -0.2) is 24.7 Å². The zero-order valence-electron chi connectivity index (χ0n) is 9.78. The molecule has 0 bridgehead atoms. The van der Waals surface area contributed by atoms with E-state index in [0.29, 0.717) is 6.54 Å². The van der Waals surface area contributed by atoms with Gasteiger partial charge in [-0.15, -0.1) is 0 Å². The first-order chi connectivity index (χ1) is 8.16. The van der Waals surface area contributed by atoms with Gasteiger partial charge in [0.05, 0.1) is 6.10 Å². The van der Waals surface area contributed by atoms with Crippen LogP contribution >= 0.6 is 0 Å². The minimum atomic E-state index is -0.260. The molecule has 3 nitrogen and oxygen atoms in total. The Morgan fingerprint density at radius 1 is 1.53 bits per heavy atom. The van der Waals surface area contributed by atoms with E-state index in [1.54, 1.807) is 6.07 Å². The largest absolute Gasteiger partial charge is 0.359 e. The van der Waals surface area contributed by atoms with E-state index in [4.69, 9.17) is 4.74 Å². The molecule has 1 aliphatic heterocycles. The Bertz CT molecular complexity index is 408. The van der Waals surface area contributed by atoms with Crippen molar-refractivity contribution < 1.29 is 13.9 Å². The van der Waals surface area contributed by atoms with Gasteiger partial charge in [-0.3, -0.25) is 4.79 Å². The number of benzene rings is 1. The second-order valence-corrected chi connectivity index (χ2v) is 4.29. The van der Waals surface area contributed by atoms with Crippen molar-refractivity contribution in [3.63, 3.8) is 0 Å². The summed E-state index contributed by atoms with van der Waals surface area (Å²) in [6.07, 6.45) is 1.36. The van der Waals surface area contributed by atoms with Crippen molar-refractivity contribution in [3.05, 3.63) is 35.6 Å².